The Morgan fingerprint density at radius 1 is 1.28 bits per heavy atom. The molecule has 1 aromatic rings. The number of aliphatic hydroxyl groups excluding tert-OH is 1. The van der Waals surface area contributed by atoms with Crippen LogP contribution in [0.25, 0.3) is 0 Å². The topological polar surface area (TPSA) is 26.7 Å². The van der Waals surface area contributed by atoms with Crippen LogP contribution in [0.5, 0.6) is 0 Å². The molecule has 0 amide bonds. The van der Waals surface area contributed by atoms with Gasteiger partial charge in [-0.1, -0.05) is 24.6 Å². The van der Waals surface area contributed by atoms with Crippen molar-refractivity contribution in [3.8, 4) is 0 Å². The van der Waals surface area contributed by atoms with Crippen LogP contribution in [-0.4, -0.2) is 42.7 Å². The molecule has 0 spiro atoms. The van der Waals surface area contributed by atoms with Gasteiger partial charge in [0.05, 0.1) is 16.8 Å². The highest BCUT2D eigenvalue weighted by atomic mass is 35.5. The van der Waals surface area contributed by atoms with Crippen LogP contribution in [0.1, 0.15) is 25.5 Å². The summed E-state index contributed by atoms with van der Waals surface area (Å²) in [5, 5.41) is 10.3. The Morgan fingerprint density at radius 2 is 1.94 bits per heavy atom. The number of anilines is 1. The molecular formula is C14H21ClN2O. The number of rotatable bonds is 3. The van der Waals surface area contributed by atoms with Crippen LogP contribution in [0, 0.1) is 0 Å². The van der Waals surface area contributed by atoms with Gasteiger partial charge in [-0.15, -0.1) is 0 Å². The molecule has 1 saturated heterocycles. The molecule has 1 aliphatic heterocycles. The van der Waals surface area contributed by atoms with Crippen molar-refractivity contribution in [1.29, 1.82) is 0 Å². The highest BCUT2D eigenvalue weighted by molar-refractivity contribution is 6.33. The van der Waals surface area contributed by atoms with E-state index in [0.29, 0.717) is 0 Å². The van der Waals surface area contributed by atoms with Crippen LogP contribution in [0.15, 0.2) is 18.2 Å². The highest BCUT2D eigenvalue weighted by Crippen LogP contribution is 2.29. The molecule has 0 unspecified atom stereocenters. The van der Waals surface area contributed by atoms with Gasteiger partial charge in [0, 0.05) is 26.2 Å². The third-order valence-electron chi connectivity index (χ3n) is 3.61. The molecule has 18 heavy (non-hydrogen) atoms. The lowest BCUT2D eigenvalue weighted by Gasteiger charge is -2.36. The molecule has 0 saturated carbocycles. The number of likely N-dealkylation sites (N-methyl/N-ethyl adjacent to an activating group) is 1. The fourth-order valence-corrected chi connectivity index (χ4v) is 2.65. The number of piperazine rings is 1. The minimum absolute atomic E-state index is 0.464. The number of aliphatic hydroxyl groups is 1. The van der Waals surface area contributed by atoms with E-state index in [9.17, 15) is 5.11 Å². The van der Waals surface area contributed by atoms with Crippen molar-refractivity contribution >= 4 is 17.3 Å². The molecule has 0 aromatic heterocycles. The van der Waals surface area contributed by atoms with E-state index in [-0.39, 0.29) is 0 Å². The third-order valence-corrected chi connectivity index (χ3v) is 3.92. The van der Waals surface area contributed by atoms with Gasteiger partial charge < -0.3 is 14.9 Å². The summed E-state index contributed by atoms with van der Waals surface area (Å²) in [6.45, 7) is 9.27. The van der Waals surface area contributed by atoms with Crippen molar-refractivity contribution in [2.75, 3.05) is 37.6 Å². The lowest BCUT2D eigenvalue weighted by atomic mass is 10.1. The van der Waals surface area contributed by atoms with E-state index in [1.54, 1.807) is 6.92 Å². The second-order valence-electron chi connectivity index (χ2n) is 4.81. The second-order valence-corrected chi connectivity index (χ2v) is 5.22. The van der Waals surface area contributed by atoms with Crippen LogP contribution >= 0.6 is 11.6 Å². The molecular weight excluding hydrogens is 248 g/mol. The van der Waals surface area contributed by atoms with Crippen LogP contribution in [0.4, 0.5) is 5.69 Å². The molecule has 2 rings (SSSR count). The highest BCUT2D eigenvalue weighted by Gasteiger charge is 2.18. The molecule has 1 N–H and O–H groups in total. The standard InChI is InChI=1S/C14H21ClN2O/c1-3-16-6-8-17(9-7-16)14-5-4-12(11(2)18)10-13(14)15/h4-5,10-11,18H,3,6-9H2,1-2H3/t11-/m1/s1. The maximum Gasteiger partial charge on any atom is 0.0762 e. The van der Waals surface area contributed by atoms with Crippen LogP contribution in [0.3, 0.4) is 0 Å². The van der Waals surface area contributed by atoms with Crippen molar-refractivity contribution in [3.05, 3.63) is 28.8 Å². The van der Waals surface area contributed by atoms with Gasteiger partial charge in [0.1, 0.15) is 0 Å². The molecule has 4 heteroatoms. The van der Waals surface area contributed by atoms with Crippen LogP contribution < -0.4 is 4.90 Å². The minimum atomic E-state index is -0.464. The quantitative estimate of drug-likeness (QED) is 0.913. The van der Waals surface area contributed by atoms with Gasteiger partial charge in [-0.25, -0.2) is 0 Å². The summed E-state index contributed by atoms with van der Waals surface area (Å²) < 4.78 is 0. The van der Waals surface area contributed by atoms with E-state index < -0.39 is 6.10 Å². The van der Waals surface area contributed by atoms with E-state index in [4.69, 9.17) is 11.6 Å². The molecule has 0 aliphatic carbocycles. The summed E-state index contributed by atoms with van der Waals surface area (Å²) in [5.41, 5.74) is 1.95. The van der Waals surface area contributed by atoms with E-state index in [2.05, 4.69) is 16.7 Å². The molecule has 100 valence electrons. The van der Waals surface area contributed by atoms with Gasteiger partial charge in [-0.05, 0) is 31.2 Å². The van der Waals surface area contributed by atoms with Crippen molar-refractivity contribution in [1.82, 2.24) is 4.90 Å². The Kier molecular flexibility index (Phi) is 4.49. The zero-order chi connectivity index (χ0) is 13.1. The number of hydrogen-bond acceptors (Lipinski definition) is 3. The smallest absolute Gasteiger partial charge is 0.0762 e. The molecule has 1 fully saturated rings. The summed E-state index contributed by atoms with van der Waals surface area (Å²) >= 11 is 6.31. The zero-order valence-corrected chi connectivity index (χ0v) is 11.8. The molecule has 1 heterocycles. The van der Waals surface area contributed by atoms with E-state index in [1.165, 1.54) is 0 Å². The second kappa shape index (κ2) is 5.91. The number of halogens is 1. The van der Waals surface area contributed by atoms with Gasteiger partial charge in [-0.3, -0.25) is 0 Å². The summed E-state index contributed by atoms with van der Waals surface area (Å²) in [6, 6.07) is 5.85. The lowest BCUT2D eigenvalue weighted by molar-refractivity contribution is 0.199. The minimum Gasteiger partial charge on any atom is -0.389 e. The van der Waals surface area contributed by atoms with E-state index >= 15 is 0 Å². The molecule has 1 atom stereocenters. The largest absolute Gasteiger partial charge is 0.389 e. The van der Waals surface area contributed by atoms with Crippen molar-refractivity contribution in [3.63, 3.8) is 0 Å². The zero-order valence-electron chi connectivity index (χ0n) is 11.1. The van der Waals surface area contributed by atoms with Crippen molar-refractivity contribution < 1.29 is 5.11 Å². The van der Waals surface area contributed by atoms with Gasteiger partial charge in [0.2, 0.25) is 0 Å². The van der Waals surface area contributed by atoms with Gasteiger partial charge in [0.25, 0.3) is 0 Å². The average Bonchev–Trinajstić information content (AvgIpc) is 2.38. The Labute approximate surface area is 114 Å². The number of hydrogen-bond donors (Lipinski definition) is 1. The Balaban J connectivity index is 2.10. The molecule has 0 radical (unpaired) electrons. The first kappa shape index (κ1) is 13.7. The predicted molar refractivity (Wildman–Crippen MR) is 76.4 cm³/mol. The maximum atomic E-state index is 9.54. The van der Waals surface area contributed by atoms with Crippen LogP contribution in [0.2, 0.25) is 5.02 Å². The summed E-state index contributed by atoms with van der Waals surface area (Å²) in [6.07, 6.45) is -0.464. The van der Waals surface area contributed by atoms with Crippen LogP contribution in [-0.2, 0) is 0 Å². The molecule has 3 nitrogen and oxygen atoms in total. The molecule has 1 aliphatic rings. The predicted octanol–water partition coefficient (Wildman–Crippen LogP) is 2.54. The third kappa shape index (κ3) is 2.97. The lowest BCUT2D eigenvalue weighted by Crippen LogP contribution is -2.46. The number of nitrogens with zero attached hydrogens (tertiary/aromatic N) is 2. The Hall–Kier alpha value is -0.770. The van der Waals surface area contributed by atoms with Crippen molar-refractivity contribution in [2.24, 2.45) is 0 Å². The first-order chi connectivity index (χ1) is 8.61. The number of benzene rings is 1. The van der Waals surface area contributed by atoms with Gasteiger partial charge >= 0.3 is 0 Å². The Bertz CT molecular complexity index is 401. The molecule has 0 bridgehead atoms. The maximum absolute atomic E-state index is 9.54. The van der Waals surface area contributed by atoms with E-state index in [0.717, 1.165) is 49.0 Å². The van der Waals surface area contributed by atoms with Crippen molar-refractivity contribution in [2.45, 2.75) is 20.0 Å². The SMILES string of the molecule is CCN1CCN(c2ccc([C@@H](C)O)cc2Cl)CC1. The fourth-order valence-electron chi connectivity index (χ4n) is 2.34. The monoisotopic (exact) mass is 268 g/mol. The average molecular weight is 269 g/mol. The summed E-state index contributed by atoms with van der Waals surface area (Å²) in [7, 11) is 0. The van der Waals surface area contributed by atoms with Gasteiger partial charge in [0.15, 0.2) is 0 Å². The normalized spacial score (nSPS) is 19.0. The van der Waals surface area contributed by atoms with E-state index in [1.807, 2.05) is 18.2 Å². The summed E-state index contributed by atoms with van der Waals surface area (Å²) in [5.74, 6) is 0. The van der Waals surface area contributed by atoms with Gasteiger partial charge in [-0.2, -0.15) is 0 Å². The fraction of sp³-hybridized carbons (Fsp3) is 0.571. The molecule has 1 aromatic carbocycles. The Morgan fingerprint density at radius 3 is 2.44 bits per heavy atom. The first-order valence-corrected chi connectivity index (χ1v) is 6.94. The summed E-state index contributed by atoms with van der Waals surface area (Å²) in [4.78, 5) is 4.76. The first-order valence-electron chi connectivity index (χ1n) is 6.56.